The van der Waals surface area contributed by atoms with E-state index in [-0.39, 0.29) is 0 Å². The van der Waals surface area contributed by atoms with Gasteiger partial charge in [-0.2, -0.15) is 0 Å². The van der Waals surface area contributed by atoms with Crippen LogP contribution in [0.4, 0.5) is 0 Å². The third-order valence-electron chi connectivity index (χ3n) is 3.69. The quantitative estimate of drug-likeness (QED) is 0.479. The van der Waals surface area contributed by atoms with Gasteiger partial charge in [-0.1, -0.05) is 26.7 Å². The van der Waals surface area contributed by atoms with Crippen molar-refractivity contribution >= 4 is 5.96 Å². The lowest BCUT2D eigenvalue weighted by atomic mass is 10.0. The second-order valence-electron chi connectivity index (χ2n) is 5.95. The van der Waals surface area contributed by atoms with Crippen LogP contribution in [0.15, 0.2) is 4.99 Å². The van der Waals surface area contributed by atoms with Crippen molar-refractivity contribution in [1.82, 2.24) is 10.6 Å². The summed E-state index contributed by atoms with van der Waals surface area (Å²) in [6.07, 6.45) is 5.41. The first-order valence-corrected chi connectivity index (χ1v) is 8.31. The van der Waals surface area contributed by atoms with Crippen LogP contribution in [0, 0.1) is 11.8 Å². The first-order valence-electron chi connectivity index (χ1n) is 8.31. The topological polar surface area (TPSA) is 45.7 Å². The molecule has 0 spiro atoms. The van der Waals surface area contributed by atoms with Gasteiger partial charge in [-0.15, -0.1) is 0 Å². The maximum atomic E-state index is 5.77. The predicted molar refractivity (Wildman–Crippen MR) is 86.2 cm³/mol. The first kappa shape index (κ1) is 17.3. The molecule has 0 bridgehead atoms. The fourth-order valence-electron chi connectivity index (χ4n) is 2.26. The van der Waals surface area contributed by atoms with E-state index >= 15 is 0 Å². The third-order valence-corrected chi connectivity index (χ3v) is 3.69. The van der Waals surface area contributed by atoms with Crippen LogP contribution in [-0.2, 0) is 4.74 Å². The number of nitrogens with one attached hydrogen (secondary N) is 2. The van der Waals surface area contributed by atoms with Gasteiger partial charge in [0.15, 0.2) is 5.96 Å². The van der Waals surface area contributed by atoms with Crippen molar-refractivity contribution in [3.8, 4) is 0 Å². The van der Waals surface area contributed by atoms with Crippen LogP contribution in [0.25, 0.3) is 0 Å². The Morgan fingerprint density at radius 2 is 2.00 bits per heavy atom. The van der Waals surface area contributed by atoms with Crippen LogP contribution in [0.3, 0.4) is 0 Å². The Hall–Kier alpha value is -0.770. The molecule has 1 atom stereocenters. The molecule has 2 N–H and O–H groups in total. The van der Waals surface area contributed by atoms with E-state index in [4.69, 9.17) is 4.74 Å². The van der Waals surface area contributed by atoms with Crippen molar-refractivity contribution in [1.29, 1.82) is 0 Å². The number of guanidine groups is 1. The fourth-order valence-corrected chi connectivity index (χ4v) is 2.26. The summed E-state index contributed by atoms with van der Waals surface area (Å²) in [6, 6.07) is 0. The summed E-state index contributed by atoms with van der Waals surface area (Å²) in [5.74, 6) is 2.46. The molecule has 1 fully saturated rings. The number of hydrogen-bond donors (Lipinski definition) is 2. The molecule has 1 saturated carbocycles. The molecular weight excluding hydrogens is 250 g/mol. The predicted octanol–water partition coefficient (Wildman–Crippen LogP) is 2.79. The molecule has 118 valence electrons. The maximum Gasteiger partial charge on any atom is 0.191 e. The highest BCUT2D eigenvalue weighted by molar-refractivity contribution is 5.79. The Labute approximate surface area is 124 Å². The number of nitrogens with zero attached hydrogens (tertiary/aromatic N) is 1. The summed E-state index contributed by atoms with van der Waals surface area (Å²) in [6.45, 7) is 12.2. The lowest BCUT2D eigenvalue weighted by Gasteiger charge is -2.21. The Kier molecular flexibility index (Phi) is 8.67. The number of ether oxygens (including phenoxy) is 1. The van der Waals surface area contributed by atoms with E-state index in [0.29, 0.717) is 12.0 Å². The van der Waals surface area contributed by atoms with Crippen LogP contribution in [0.1, 0.15) is 53.4 Å². The Bertz CT molecular complexity index is 275. The molecule has 0 aromatic carbocycles. The van der Waals surface area contributed by atoms with Gasteiger partial charge in [0.2, 0.25) is 0 Å². The zero-order chi connectivity index (χ0) is 14.8. The average molecular weight is 283 g/mol. The minimum Gasteiger partial charge on any atom is -0.378 e. The zero-order valence-electron chi connectivity index (χ0n) is 13.7. The molecule has 20 heavy (non-hydrogen) atoms. The molecule has 0 aromatic heterocycles. The number of rotatable bonds is 10. The van der Waals surface area contributed by atoms with Crippen molar-refractivity contribution in [2.24, 2.45) is 16.8 Å². The van der Waals surface area contributed by atoms with Gasteiger partial charge in [-0.05, 0) is 38.5 Å². The van der Waals surface area contributed by atoms with Crippen LogP contribution >= 0.6 is 0 Å². The summed E-state index contributed by atoms with van der Waals surface area (Å²) in [5.41, 5.74) is 0. The molecule has 0 aromatic rings. The normalized spacial score (nSPS) is 17.4. The van der Waals surface area contributed by atoms with E-state index in [1.807, 2.05) is 0 Å². The van der Waals surface area contributed by atoms with Crippen LogP contribution in [0.2, 0.25) is 0 Å². The Morgan fingerprint density at radius 1 is 1.25 bits per heavy atom. The maximum absolute atomic E-state index is 5.77. The minimum atomic E-state index is 0.335. The second-order valence-corrected chi connectivity index (χ2v) is 5.95. The molecule has 0 amide bonds. The third kappa shape index (κ3) is 7.73. The van der Waals surface area contributed by atoms with Gasteiger partial charge < -0.3 is 15.4 Å². The van der Waals surface area contributed by atoms with Crippen molar-refractivity contribution < 1.29 is 4.74 Å². The van der Waals surface area contributed by atoms with Gasteiger partial charge >= 0.3 is 0 Å². The van der Waals surface area contributed by atoms with E-state index in [1.165, 1.54) is 19.3 Å². The van der Waals surface area contributed by atoms with Crippen molar-refractivity contribution in [3.63, 3.8) is 0 Å². The van der Waals surface area contributed by atoms with Gasteiger partial charge in [0.25, 0.3) is 0 Å². The molecular formula is C16H33N3O. The summed E-state index contributed by atoms with van der Waals surface area (Å²) < 4.78 is 5.77. The molecule has 0 heterocycles. The van der Waals surface area contributed by atoms with Crippen molar-refractivity contribution in [2.45, 2.75) is 59.5 Å². The lowest BCUT2D eigenvalue weighted by molar-refractivity contribution is 0.0258. The Balaban J connectivity index is 2.25. The monoisotopic (exact) mass is 283 g/mol. The molecule has 1 unspecified atom stereocenters. The average Bonchev–Trinajstić information content (AvgIpc) is 3.21. The van der Waals surface area contributed by atoms with E-state index in [0.717, 1.165) is 44.5 Å². The van der Waals surface area contributed by atoms with Crippen LogP contribution in [0.5, 0.6) is 0 Å². The molecule has 0 saturated heterocycles. The largest absolute Gasteiger partial charge is 0.378 e. The van der Waals surface area contributed by atoms with Crippen molar-refractivity contribution in [3.05, 3.63) is 0 Å². The smallest absolute Gasteiger partial charge is 0.191 e. The highest BCUT2D eigenvalue weighted by atomic mass is 16.5. The van der Waals surface area contributed by atoms with Gasteiger partial charge in [0, 0.05) is 26.2 Å². The first-order chi connectivity index (χ1) is 9.67. The van der Waals surface area contributed by atoms with Gasteiger partial charge in [-0.3, -0.25) is 4.99 Å². The standard InChI is InChI=1S/C16H33N3O/c1-5-17-16(18-11-9-14-7-8-14)19-12-10-15(13(3)4)20-6-2/h13-15H,5-12H2,1-4H3,(H2,17,18,19). The Morgan fingerprint density at radius 3 is 2.55 bits per heavy atom. The molecule has 0 radical (unpaired) electrons. The zero-order valence-corrected chi connectivity index (χ0v) is 13.7. The fraction of sp³-hybridized carbons (Fsp3) is 0.938. The highest BCUT2D eigenvalue weighted by Gasteiger charge is 2.20. The highest BCUT2D eigenvalue weighted by Crippen LogP contribution is 2.32. The molecule has 0 aliphatic heterocycles. The van der Waals surface area contributed by atoms with Crippen LogP contribution in [-0.4, -0.2) is 38.3 Å². The van der Waals surface area contributed by atoms with Gasteiger partial charge in [0.1, 0.15) is 0 Å². The molecule has 1 aliphatic carbocycles. The van der Waals surface area contributed by atoms with E-state index in [9.17, 15) is 0 Å². The number of aliphatic imine (C=N–C) groups is 1. The molecule has 4 heteroatoms. The van der Waals surface area contributed by atoms with E-state index in [1.54, 1.807) is 0 Å². The van der Waals surface area contributed by atoms with Crippen LogP contribution < -0.4 is 10.6 Å². The lowest BCUT2D eigenvalue weighted by Crippen LogP contribution is -2.39. The van der Waals surface area contributed by atoms with Gasteiger partial charge in [0.05, 0.1) is 6.10 Å². The van der Waals surface area contributed by atoms with E-state index in [2.05, 4.69) is 43.3 Å². The number of hydrogen-bond acceptors (Lipinski definition) is 2. The second kappa shape index (κ2) is 10.0. The molecule has 4 nitrogen and oxygen atoms in total. The molecule has 1 aliphatic rings. The summed E-state index contributed by atoms with van der Waals surface area (Å²) >= 11 is 0. The van der Waals surface area contributed by atoms with Gasteiger partial charge in [-0.25, -0.2) is 0 Å². The van der Waals surface area contributed by atoms with Crippen molar-refractivity contribution in [2.75, 3.05) is 26.2 Å². The SMILES string of the molecule is CCNC(=NCCC1CC1)NCCC(OCC)C(C)C. The van der Waals surface area contributed by atoms with E-state index < -0.39 is 0 Å². The summed E-state index contributed by atoms with van der Waals surface area (Å²) in [7, 11) is 0. The minimum absolute atomic E-state index is 0.335. The summed E-state index contributed by atoms with van der Waals surface area (Å²) in [5, 5.41) is 6.73. The summed E-state index contributed by atoms with van der Waals surface area (Å²) in [4.78, 5) is 4.63. The molecule has 1 rings (SSSR count).